The molecule has 1 atom stereocenters. The number of aromatic nitrogens is 3. The smallest absolute Gasteiger partial charge is 0.159 e. The molecule has 3 rings (SSSR count). The Bertz CT molecular complexity index is 904. The summed E-state index contributed by atoms with van der Waals surface area (Å²) in [6, 6.07) is 8.58. The fraction of sp³-hybridized carbons (Fsp3) is 0.318. The van der Waals surface area contributed by atoms with Gasteiger partial charge in [-0.3, -0.25) is 4.98 Å². The van der Waals surface area contributed by atoms with Crippen LogP contribution in [0.5, 0.6) is 0 Å². The molecule has 0 fully saturated rings. The maximum absolute atomic E-state index is 4.68. The van der Waals surface area contributed by atoms with Crippen molar-refractivity contribution in [3.63, 3.8) is 0 Å². The molecule has 0 aliphatic heterocycles. The zero-order valence-corrected chi connectivity index (χ0v) is 16.2. The van der Waals surface area contributed by atoms with Crippen molar-refractivity contribution >= 4 is 0 Å². The van der Waals surface area contributed by atoms with E-state index >= 15 is 0 Å². The molecule has 0 aliphatic rings. The Kier molecular flexibility index (Phi) is 5.43. The van der Waals surface area contributed by atoms with Gasteiger partial charge in [0.15, 0.2) is 5.82 Å². The Balaban J connectivity index is 1.74. The zero-order valence-electron chi connectivity index (χ0n) is 16.2. The fourth-order valence-corrected chi connectivity index (χ4v) is 3.13. The number of hydrogen-bond acceptors (Lipinski definition) is 4. The molecule has 0 saturated heterocycles. The molecular weight excluding hydrogens is 320 g/mol. The lowest BCUT2D eigenvalue weighted by atomic mass is 10.0. The lowest BCUT2D eigenvalue weighted by Gasteiger charge is -2.18. The van der Waals surface area contributed by atoms with E-state index in [1.807, 2.05) is 25.3 Å². The Labute approximate surface area is 155 Å². The topological polar surface area (TPSA) is 50.7 Å². The Morgan fingerprint density at radius 3 is 2.35 bits per heavy atom. The van der Waals surface area contributed by atoms with Gasteiger partial charge in [-0.1, -0.05) is 12.1 Å². The molecule has 2 aromatic heterocycles. The quantitative estimate of drug-likeness (QED) is 0.732. The van der Waals surface area contributed by atoms with Gasteiger partial charge in [-0.25, -0.2) is 9.97 Å². The maximum atomic E-state index is 4.68. The van der Waals surface area contributed by atoms with Crippen LogP contribution in [0.15, 0.2) is 42.9 Å². The van der Waals surface area contributed by atoms with Crippen LogP contribution in [0.1, 0.15) is 46.5 Å². The Morgan fingerprint density at radius 2 is 1.65 bits per heavy atom. The van der Waals surface area contributed by atoms with Gasteiger partial charge in [0.05, 0.1) is 0 Å². The number of nitrogens with zero attached hydrogens (tertiary/aromatic N) is 3. The van der Waals surface area contributed by atoms with Crippen molar-refractivity contribution in [2.45, 2.75) is 47.2 Å². The average Bonchev–Trinajstić information content (AvgIpc) is 2.64. The molecule has 0 unspecified atom stereocenters. The summed E-state index contributed by atoms with van der Waals surface area (Å²) in [5.74, 6) is 0.742. The molecule has 0 bridgehead atoms. The predicted octanol–water partition coefficient (Wildman–Crippen LogP) is 4.62. The van der Waals surface area contributed by atoms with Gasteiger partial charge in [-0.15, -0.1) is 0 Å². The van der Waals surface area contributed by atoms with Crippen molar-refractivity contribution in [2.24, 2.45) is 0 Å². The fourth-order valence-electron chi connectivity index (χ4n) is 3.13. The van der Waals surface area contributed by atoms with Crippen molar-refractivity contribution in [2.75, 3.05) is 0 Å². The first-order chi connectivity index (χ1) is 12.5. The molecule has 1 N–H and O–H groups in total. The second kappa shape index (κ2) is 7.75. The van der Waals surface area contributed by atoms with Gasteiger partial charge < -0.3 is 5.32 Å². The molecule has 0 aliphatic carbocycles. The highest BCUT2D eigenvalue weighted by Gasteiger charge is 2.12. The molecule has 26 heavy (non-hydrogen) atoms. The van der Waals surface area contributed by atoms with Gasteiger partial charge in [-0.05, 0) is 69.0 Å². The summed E-state index contributed by atoms with van der Waals surface area (Å²) in [5, 5.41) is 3.61. The van der Waals surface area contributed by atoms with Gasteiger partial charge in [-0.2, -0.15) is 0 Å². The third-order valence-electron chi connectivity index (χ3n) is 4.97. The lowest BCUT2D eigenvalue weighted by Crippen LogP contribution is -2.20. The normalized spacial score (nSPS) is 12.2. The number of rotatable bonds is 5. The number of benzene rings is 1. The highest BCUT2D eigenvalue weighted by molar-refractivity contribution is 5.53. The second-order valence-electron chi connectivity index (χ2n) is 6.94. The molecule has 0 spiro atoms. The summed E-state index contributed by atoms with van der Waals surface area (Å²) in [7, 11) is 0. The molecule has 1 aromatic carbocycles. The summed E-state index contributed by atoms with van der Waals surface area (Å²) in [4.78, 5) is 13.3. The third-order valence-corrected chi connectivity index (χ3v) is 4.97. The first kappa shape index (κ1) is 18.2. The number of pyridine rings is 1. The summed E-state index contributed by atoms with van der Waals surface area (Å²) >= 11 is 0. The molecular formula is C22H26N4. The SMILES string of the molecule is Cc1cc(C)c(CN[C@@H](C)c2cnc(-c3ccncc3)nc2C)cc1C. The van der Waals surface area contributed by atoms with E-state index in [1.165, 1.54) is 22.3 Å². The van der Waals surface area contributed by atoms with Crippen LogP contribution in [0.25, 0.3) is 11.4 Å². The van der Waals surface area contributed by atoms with Crippen LogP contribution in [0.4, 0.5) is 0 Å². The standard InChI is InChI=1S/C22H26N4/c1-14-10-16(3)20(11-15(14)2)12-24-17(4)21-13-25-22(26-18(21)5)19-6-8-23-9-7-19/h6-11,13,17,24H,12H2,1-5H3/t17-/m0/s1. The minimum atomic E-state index is 0.183. The van der Waals surface area contributed by atoms with Gasteiger partial charge in [0.25, 0.3) is 0 Å². The molecule has 3 aromatic rings. The van der Waals surface area contributed by atoms with E-state index in [9.17, 15) is 0 Å². The largest absolute Gasteiger partial charge is 0.306 e. The van der Waals surface area contributed by atoms with Crippen molar-refractivity contribution < 1.29 is 0 Å². The van der Waals surface area contributed by atoms with Crippen molar-refractivity contribution in [3.8, 4) is 11.4 Å². The van der Waals surface area contributed by atoms with Crippen LogP contribution in [-0.4, -0.2) is 15.0 Å². The van der Waals surface area contributed by atoms with Crippen molar-refractivity contribution in [1.29, 1.82) is 0 Å². The maximum Gasteiger partial charge on any atom is 0.159 e. The Morgan fingerprint density at radius 1 is 0.962 bits per heavy atom. The van der Waals surface area contributed by atoms with Gasteiger partial charge >= 0.3 is 0 Å². The minimum Gasteiger partial charge on any atom is -0.306 e. The molecule has 0 radical (unpaired) electrons. The first-order valence-electron chi connectivity index (χ1n) is 8.99. The molecule has 134 valence electrons. The van der Waals surface area contributed by atoms with E-state index in [0.29, 0.717) is 0 Å². The zero-order chi connectivity index (χ0) is 18.7. The van der Waals surface area contributed by atoms with Gasteiger partial charge in [0.2, 0.25) is 0 Å². The molecule has 0 saturated carbocycles. The minimum absolute atomic E-state index is 0.183. The number of hydrogen-bond donors (Lipinski definition) is 1. The van der Waals surface area contributed by atoms with Crippen LogP contribution < -0.4 is 5.32 Å². The van der Waals surface area contributed by atoms with Crippen LogP contribution in [0.3, 0.4) is 0 Å². The Hall–Kier alpha value is -2.59. The van der Waals surface area contributed by atoms with E-state index in [4.69, 9.17) is 0 Å². The van der Waals surface area contributed by atoms with Crippen molar-refractivity contribution in [1.82, 2.24) is 20.3 Å². The molecule has 4 heteroatoms. The van der Waals surface area contributed by atoms with E-state index < -0.39 is 0 Å². The van der Waals surface area contributed by atoms with Gasteiger partial charge in [0.1, 0.15) is 0 Å². The summed E-state index contributed by atoms with van der Waals surface area (Å²) < 4.78 is 0. The van der Waals surface area contributed by atoms with Crippen molar-refractivity contribution in [3.05, 3.63) is 76.4 Å². The predicted molar refractivity (Wildman–Crippen MR) is 106 cm³/mol. The van der Waals surface area contributed by atoms with E-state index in [2.05, 4.69) is 60.1 Å². The molecule has 4 nitrogen and oxygen atoms in total. The van der Waals surface area contributed by atoms with Crippen LogP contribution in [-0.2, 0) is 6.54 Å². The number of aryl methyl sites for hydroxylation is 4. The van der Waals surface area contributed by atoms with E-state index in [-0.39, 0.29) is 6.04 Å². The highest BCUT2D eigenvalue weighted by atomic mass is 14.9. The summed E-state index contributed by atoms with van der Waals surface area (Å²) in [6.07, 6.45) is 5.46. The summed E-state index contributed by atoms with van der Waals surface area (Å²) in [5.41, 5.74) is 8.46. The lowest BCUT2D eigenvalue weighted by molar-refractivity contribution is 0.566. The first-order valence-corrected chi connectivity index (χ1v) is 8.99. The van der Waals surface area contributed by atoms with Crippen LogP contribution in [0.2, 0.25) is 0 Å². The monoisotopic (exact) mass is 346 g/mol. The van der Waals surface area contributed by atoms with Crippen LogP contribution in [0, 0.1) is 27.7 Å². The number of nitrogens with one attached hydrogen (secondary N) is 1. The average molecular weight is 346 g/mol. The molecule has 0 amide bonds. The second-order valence-corrected chi connectivity index (χ2v) is 6.94. The molecule has 2 heterocycles. The van der Waals surface area contributed by atoms with E-state index in [1.54, 1.807) is 12.4 Å². The highest BCUT2D eigenvalue weighted by Crippen LogP contribution is 2.21. The van der Waals surface area contributed by atoms with Gasteiger partial charge in [0, 0.05) is 48.0 Å². The van der Waals surface area contributed by atoms with E-state index in [0.717, 1.165) is 29.2 Å². The van der Waals surface area contributed by atoms with Crippen LogP contribution >= 0.6 is 0 Å². The third kappa shape index (κ3) is 3.97. The summed E-state index contributed by atoms with van der Waals surface area (Å²) in [6.45, 7) is 11.5.